The van der Waals surface area contributed by atoms with Gasteiger partial charge in [0.15, 0.2) is 17.3 Å². The van der Waals surface area contributed by atoms with Crippen LogP contribution in [0.3, 0.4) is 0 Å². The summed E-state index contributed by atoms with van der Waals surface area (Å²) >= 11 is 0. The number of carbonyl (C=O) groups excluding carboxylic acids is 1. The van der Waals surface area contributed by atoms with E-state index in [9.17, 15) is 14.9 Å². The Hall–Kier alpha value is -4.52. The van der Waals surface area contributed by atoms with Crippen molar-refractivity contribution < 1.29 is 19.2 Å². The average Bonchev–Trinajstić information content (AvgIpc) is 3.30. The van der Waals surface area contributed by atoms with Gasteiger partial charge in [-0.05, 0) is 42.3 Å². The van der Waals surface area contributed by atoms with Crippen LogP contribution in [0.4, 0.5) is 5.69 Å². The molecule has 0 atom stereocenters. The molecule has 0 bridgehead atoms. The molecule has 0 N–H and O–H groups in total. The number of nitro benzene ring substituents is 1. The maximum Gasteiger partial charge on any atom is 0.270 e. The molecule has 7 nitrogen and oxygen atoms in total. The monoisotopic (exact) mass is 438 g/mol. The van der Waals surface area contributed by atoms with E-state index in [-0.39, 0.29) is 18.3 Å². The number of ether oxygens (including phenoxy) is 2. The highest BCUT2D eigenvalue weighted by molar-refractivity contribution is 6.16. The van der Waals surface area contributed by atoms with E-state index in [4.69, 9.17) is 9.47 Å². The minimum atomic E-state index is -0.449. The number of hydrogen-bond acceptors (Lipinski definition) is 6. The SMILES string of the molecule is Cc1nc2ccc([N+](=O)[O-])cc2c(-c2ccccc2)c1C(=O)C=Cc1ccc2c(c1)OCO2. The van der Waals surface area contributed by atoms with Crippen molar-refractivity contribution in [2.45, 2.75) is 6.92 Å². The third-order valence-corrected chi connectivity index (χ3v) is 5.49. The number of aryl methyl sites for hydroxylation is 1. The first-order chi connectivity index (χ1) is 16.0. The van der Waals surface area contributed by atoms with Crippen LogP contribution in [0.25, 0.3) is 28.1 Å². The fourth-order valence-corrected chi connectivity index (χ4v) is 3.97. The van der Waals surface area contributed by atoms with Crippen LogP contribution in [-0.4, -0.2) is 22.5 Å². The van der Waals surface area contributed by atoms with Crippen LogP contribution < -0.4 is 9.47 Å². The normalized spacial score (nSPS) is 12.4. The van der Waals surface area contributed by atoms with Crippen LogP contribution in [0.15, 0.2) is 72.8 Å². The van der Waals surface area contributed by atoms with Gasteiger partial charge in [0.05, 0.1) is 16.0 Å². The zero-order valence-corrected chi connectivity index (χ0v) is 17.6. The molecule has 0 spiro atoms. The summed E-state index contributed by atoms with van der Waals surface area (Å²) in [6.07, 6.45) is 3.19. The summed E-state index contributed by atoms with van der Waals surface area (Å²) < 4.78 is 10.7. The van der Waals surface area contributed by atoms with Gasteiger partial charge in [0, 0.05) is 28.8 Å². The van der Waals surface area contributed by atoms with E-state index in [0.29, 0.717) is 39.2 Å². The number of pyridine rings is 1. The van der Waals surface area contributed by atoms with Gasteiger partial charge in [-0.1, -0.05) is 42.5 Å². The van der Waals surface area contributed by atoms with Gasteiger partial charge < -0.3 is 9.47 Å². The average molecular weight is 438 g/mol. The minimum absolute atomic E-state index is 0.0559. The molecule has 1 aromatic heterocycles. The predicted molar refractivity (Wildman–Crippen MR) is 124 cm³/mol. The number of fused-ring (bicyclic) bond motifs is 2. The van der Waals surface area contributed by atoms with Gasteiger partial charge in [-0.3, -0.25) is 19.9 Å². The Bertz CT molecular complexity index is 1440. The number of nitro groups is 1. The topological polar surface area (TPSA) is 91.6 Å². The summed E-state index contributed by atoms with van der Waals surface area (Å²) in [5.74, 6) is 1.05. The molecule has 4 aromatic rings. The number of nitrogens with zero attached hydrogens (tertiary/aromatic N) is 2. The molecular weight excluding hydrogens is 420 g/mol. The molecule has 1 aliphatic rings. The number of aromatic nitrogens is 1. The summed E-state index contributed by atoms with van der Waals surface area (Å²) in [5, 5.41) is 12.0. The van der Waals surface area contributed by atoms with Crippen LogP contribution in [0.1, 0.15) is 21.6 Å². The first-order valence-corrected chi connectivity index (χ1v) is 10.3. The molecule has 2 heterocycles. The van der Waals surface area contributed by atoms with Crippen molar-refractivity contribution in [1.82, 2.24) is 4.98 Å². The molecule has 3 aromatic carbocycles. The molecule has 7 heteroatoms. The Morgan fingerprint density at radius 1 is 1.03 bits per heavy atom. The summed E-state index contributed by atoms with van der Waals surface area (Å²) in [7, 11) is 0. The third-order valence-electron chi connectivity index (χ3n) is 5.49. The Labute approximate surface area is 189 Å². The highest BCUT2D eigenvalue weighted by Gasteiger charge is 2.21. The maximum atomic E-state index is 13.4. The summed E-state index contributed by atoms with van der Waals surface area (Å²) in [4.78, 5) is 28.9. The van der Waals surface area contributed by atoms with Gasteiger partial charge in [0.25, 0.3) is 5.69 Å². The van der Waals surface area contributed by atoms with Crippen LogP contribution in [0.5, 0.6) is 11.5 Å². The molecule has 0 aliphatic carbocycles. The molecule has 1 aliphatic heterocycles. The molecule has 0 saturated carbocycles. The van der Waals surface area contributed by atoms with Crippen molar-refractivity contribution >= 4 is 28.4 Å². The zero-order chi connectivity index (χ0) is 22.9. The van der Waals surface area contributed by atoms with Crippen molar-refractivity contribution in [3.05, 3.63) is 99.7 Å². The van der Waals surface area contributed by atoms with Crippen LogP contribution in [0, 0.1) is 17.0 Å². The lowest BCUT2D eigenvalue weighted by Gasteiger charge is -2.14. The summed E-state index contributed by atoms with van der Waals surface area (Å²) in [5.41, 5.74) is 3.70. The number of non-ortho nitro benzene ring substituents is 1. The van der Waals surface area contributed by atoms with Gasteiger partial charge in [-0.15, -0.1) is 0 Å². The lowest BCUT2D eigenvalue weighted by molar-refractivity contribution is -0.384. The second-order valence-corrected chi connectivity index (χ2v) is 7.58. The highest BCUT2D eigenvalue weighted by atomic mass is 16.7. The van der Waals surface area contributed by atoms with Gasteiger partial charge in [-0.2, -0.15) is 0 Å². The first kappa shape index (κ1) is 20.4. The lowest BCUT2D eigenvalue weighted by atomic mass is 9.91. The van der Waals surface area contributed by atoms with Crippen molar-refractivity contribution in [2.24, 2.45) is 0 Å². The quantitative estimate of drug-likeness (QED) is 0.171. The molecule has 0 amide bonds. The van der Waals surface area contributed by atoms with Gasteiger partial charge in [0.1, 0.15) is 0 Å². The summed E-state index contributed by atoms with van der Waals surface area (Å²) in [6, 6.07) is 19.3. The van der Waals surface area contributed by atoms with E-state index in [1.165, 1.54) is 18.2 Å². The Balaban J connectivity index is 1.65. The Morgan fingerprint density at radius 2 is 1.82 bits per heavy atom. The summed E-state index contributed by atoms with van der Waals surface area (Å²) in [6.45, 7) is 1.95. The van der Waals surface area contributed by atoms with Crippen LogP contribution in [0.2, 0.25) is 0 Å². The fourth-order valence-electron chi connectivity index (χ4n) is 3.97. The van der Waals surface area contributed by atoms with Crippen LogP contribution in [-0.2, 0) is 0 Å². The first-order valence-electron chi connectivity index (χ1n) is 10.3. The van der Waals surface area contributed by atoms with E-state index in [0.717, 1.165) is 11.1 Å². The van der Waals surface area contributed by atoms with Crippen LogP contribution >= 0.6 is 0 Å². The van der Waals surface area contributed by atoms with Gasteiger partial charge in [0.2, 0.25) is 6.79 Å². The van der Waals surface area contributed by atoms with E-state index >= 15 is 0 Å². The highest BCUT2D eigenvalue weighted by Crippen LogP contribution is 2.36. The Kier molecular flexibility index (Phi) is 5.06. The maximum absolute atomic E-state index is 13.4. The predicted octanol–water partition coefficient (Wildman–Crippen LogP) is 5.74. The number of carbonyl (C=O) groups is 1. The zero-order valence-electron chi connectivity index (χ0n) is 17.6. The smallest absolute Gasteiger partial charge is 0.270 e. The van der Waals surface area contributed by atoms with Crippen molar-refractivity contribution in [3.8, 4) is 22.6 Å². The minimum Gasteiger partial charge on any atom is -0.454 e. The van der Waals surface area contributed by atoms with E-state index in [1.54, 1.807) is 31.2 Å². The van der Waals surface area contributed by atoms with Crippen molar-refractivity contribution in [1.29, 1.82) is 0 Å². The molecule has 162 valence electrons. The van der Waals surface area contributed by atoms with E-state index in [2.05, 4.69) is 4.98 Å². The standard InChI is InChI=1S/C26H18N2O5/c1-16-25(22(29)11-7-17-8-12-23-24(13-17)33-15-32-23)26(18-5-3-2-4-6-18)20-14-19(28(30)31)9-10-21(20)27-16/h2-14H,15H2,1H3. The third kappa shape index (κ3) is 3.80. The number of hydrogen-bond donors (Lipinski definition) is 0. The van der Waals surface area contributed by atoms with Crippen molar-refractivity contribution in [2.75, 3.05) is 6.79 Å². The molecule has 0 unspecified atom stereocenters. The number of ketones is 1. The lowest BCUT2D eigenvalue weighted by Crippen LogP contribution is -2.05. The molecular formula is C26H18N2O5. The number of benzene rings is 3. The Morgan fingerprint density at radius 3 is 2.61 bits per heavy atom. The number of rotatable bonds is 5. The molecule has 33 heavy (non-hydrogen) atoms. The van der Waals surface area contributed by atoms with E-state index in [1.807, 2.05) is 36.4 Å². The molecule has 0 radical (unpaired) electrons. The molecule has 5 rings (SSSR count). The second-order valence-electron chi connectivity index (χ2n) is 7.58. The number of allylic oxidation sites excluding steroid dienone is 1. The largest absolute Gasteiger partial charge is 0.454 e. The van der Waals surface area contributed by atoms with Crippen molar-refractivity contribution in [3.63, 3.8) is 0 Å². The van der Waals surface area contributed by atoms with Gasteiger partial charge in [-0.25, -0.2) is 0 Å². The van der Waals surface area contributed by atoms with Gasteiger partial charge >= 0.3 is 0 Å². The van der Waals surface area contributed by atoms with E-state index < -0.39 is 4.92 Å². The molecule has 0 saturated heterocycles. The molecule has 0 fully saturated rings. The fraction of sp³-hybridized carbons (Fsp3) is 0.0769. The second kappa shape index (κ2) is 8.20.